The van der Waals surface area contributed by atoms with E-state index in [-0.39, 0.29) is 29.2 Å². The quantitative estimate of drug-likeness (QED) is 0.658. The molecule has 1 N–H and O–H groups in total. The van der Waals surface area contributed by atoms with Crippen molar-refractivity contribution in [3.8, 4) is 0 Å². The van der Waals surface area contributed by atoms with E-state index in [9.17, 15) is 9.18 Å². The molecule has 0 radical (unpaired) electrons. The lowest BCUT2D eigenvalue weighted by Gasteiger charge is -2.33. The highest BCUT2D eigenvalue weighted by atomic mass is 35.5. The maximum Gasteiger partial charge on any atom is 0.256 e. The molecular weight excluding hydrogens is 351 g/mol. The number of aromatic nitrogens is 2. The van der Waals surface area contributed by atoms with Gasteiger partial charge in [0.25, 0.3) is 5.91 Å². The second kappa shape index (κ2) is 6.57. The third-order valence-corrected chi connectivity index (χ3v) is 4.80. The van der Waals surface area contributed by atoms with Gasteiger partial charge in [-0.1, -0.05) is 25.4 Å². The summed E-state index contributed by atoms with van der Waals surface area (Å²) in [6, 6.07) is 3.03. The van der Waals surface area contributed by atoms with E-state index in [0.717, 1.165) is 22.3 Å². The molecule has 3 heterocycles. The average Bonchev–Trinajstić information content (AvgIpc) is 2.56. The number of halogens is 2. The minimum atomic E-state index is -0.715. The molecular formula is C16H16ClFN4OS. The van der Waals surface area contributed by atoms with Crippen molar-refractivity contribution in [2.45, 2.75) is 24.7 Å². The monoisotopic (exact) mass is 366 g/mol. The maximum atomic E-state index is 13.8. The summed E-state index contributed by atoms with van der Waals surface area (Å²) in [7, 11) is 0. The molecule has 3 rings (SSSR count). The van der Waals surface area contributed by atoms with E-state index in [2.05, 4.69) is 15.3 Å². The molecule has 0 aromatic carbocycles. The van der Waals surface area contributed by atoms with E-state index in [0.29, 0.717) is 5.82 Å². The summed E-state index contributed by atoms with van der Waals surface area (Å²) in [6.07, 6.45) is 3.73. The number of anilines is 2. The molecule has 2 aromatic heterocycles. The first-order valence-corrected chi connectivity index (χ1v) is 8.99. The molecule has 1 aliphatic rings. The molecule has 0 fully saturated rings. The number of thioether (sulfide) groups is 1. The van der Waals surface area contributed by atoms with Gasteiger partial charge in [0, 0.05) is 11.1 Å². The summed E-state index contributed by atoms with van der Waals surface area (Å²) in [5, 5.41) is 2.50. The Bertz CT molecular complexity index is 815. The topological polar surface area (TPSA) is 58.1 Å². The fourth-order valence-electron chi connectivity index (χ4n) is 2.65. The van der Waals surface area contributed by atoms with Gasteiger partial charge in [-0.25, -0.2) is 9.37 Å². The summed E-state index contributed by atoms with van der Waals surface area (Å²) < 4.78 is 13.8. The molecule has 0 bridgehead atoms. The first kappa shape index (κ1) is 17.0. The van der Waals surface area contributed by atoms with Crippen LogP contribution in [0.4, 0.5) is 15.9 Å². The molecule has 0 spiro atoms. The zero-order chi connectivity index (χ0) is 17.4. The van der Waals surface area contributed by atoms with Gasteiger partial charge < -0.3 is 10.2 Å². The Morgan fingerprint density at radius 1 is 1.46 bits per heavy atom. The Balaban J connectivity index is 2.25. The number of carbonyl (C=O) groups is 1. The molecule has 1 aliphatic heterocycles. The van der Waals surface area contributed by atoms with Crippen molar-refractivity contribution in [1.82, 2.24) is 15.3 Å². The number of hydrogen-bond acceptors (Lipinski definition) is 5. The molecule has 1 amide bonds. The van der Waals surface area contributed by atoms with Gasteiger partial charge in [-0.3, -0.25) is 9.78 Å². The van der Waals surface area contributed by atoms with Crippen LogP contribution >= 0.6 is 23.4 Å². The van der Waals surface area contributed by atoms with Gasteiger partial charge in [0.05, 0.1) is 23.6 Å². The average molecular weight is 367 g/mol. The smallest absolute Gasteiger partial charge is 0.256 e. The fraction of sp³-hybridized carbons (Fsp3) is 0.312. The van der Waals surface area contributed by atoms with E-state index in [1.165, 1.54) is 0 Å². The highest BCUT2D eigenvalue weighted by Gasteiger charge is 2.30. The predicted molar refractivity (Wildman–Crippen MR) is 93.8 cm³/mol. The van der Waals surface area contributed by atoms with E-state index in [4.69, 9.17) is 11.6 Å². The van der Waals surface area contributed by atoms with Crippen LogP contribution in [0.25, 0.3) is 0 Å². The third kappa shape index (κ3) is 2.82. The first-order valence-electron chi connectivity index (χ1n) is 7.38. The second-order valence-electron chi connectivity index (χ2n) is 5.63. The first-order chi connectivity index (χ1) is 11.4. The Morgan fingerprint density at radius 2 is 2.21 bits per heavy atom. The Kier molecular flexibility index (Phi) is 4.64. The molecule has 8 heteroatoms. The van der Waals surface area contributed by atoms with Crippen LogP contribution in [0.15, 0.2) is 23.2 Å². The van der Waals surface area contributed by atoms with Crippen LogP contribution in [-0.4, -0.2) is 28.8 Å². The van der Waals surface area contributed by atoms with Gasteiger partial charge >= 0.3 is 0 Å². The van der Waals surface area contributed by atoms with Crippen molar-refractivity contribution in [3.05, 3.63) is 40.6 Å². The number of carbonyl (C=O) groups excluding carboxylic acids is 1. The van der Waals surface area contributed by atoms with Crippen LogP contribution in [0.2, 0.25) is 5.15 Å². The van der Waals surface area contributed by atoms with E-state index in [1.807, 2.05) is 31.1 Å². The number of rotatable bonds is 3. The summed E-state index contributed by atoms with van der Waals surface area (Å²) in [5.74, 6) is -0.572. The van der Waals surface area contributed by atoms with Crippen molar-refractivity contribution in [1.29, 1.82) is 0 Å². The highest BCUT2D eigenvalue weighted by molar-refractivity contribution is 7.98. The largest absolute Gasteiger partial charge is 0.334 e. The van der Waals surface area contributed by atoms with Crippen LogP contribution in [0, 0.1) is 5.82 Å². The standard InChI is InChI=1S/C16H16ClFN4OS/c1-8(2)12-13(11(24-3)4-5-19-12)22-7-20-16(23)9-6-10(18)14(17)21-15(9)22/h4-6,8H,7H2,1-3H3,(H,20,23). The number of amides is 1. The lowest BCUT2D eigenvalue weighted by atomic mass is 10.1. The van der Waals surface area contributed by atoms with Crippen LogP contribution < -0.4 is 10.2 Å². The van der Waals surface area contributed by atoms with E-state index < -0.39 is 5.82 Å². The maximum absolute atomic E-state index is 13.8. The molecule has 5 nitrogen and oxygen atoms in total. The lowest BCUT2D eigenvalue weighted by Crippen LogP contribution is -2.42. The molecule has 0 saturated heterocycles. The van der Waals surface area contributed by atoms with Gasteiger partial charge in [0.2, 0.25) is 0 Å². The van der Waals surface area contributed by atoms with Gasteiger partial charge in [-0.2, -0.15) is 0 Å². The Morgan fingerprint density at radius 3 is 2.88 bits per heavy atom. The Labute approximate surface area is 148 Å². The predicted octanol–water partition coefficient (Wildman–Crippen LogP) is 3.95. The number of fused-ring (bicyclic) bond motifs is 1. The molecule has 0 aliphatic carbocycles. The lowest BCUT2D eigenvalue weighted by molar-refractivity contribution is 0.0948. The molecule has 0 saturated carbocycles. The van der Waals surface area contributed by atoms with E-state index in [1.54, 1.807) is 18.0 Å². The van der Waals surface area contributed by atoms with Crippen molar-refractivity contribution in [2.75, 3.05) is 17.8 Å². The molecule has 0 atom stereocenters. The van der Waals surface area contributed by atoms with Crippen molar-refractivity contribution < 1.29 is 9.18 Å². The van der Waals surface area contributed by atoms with Crippen LogP contribution in [0.3, 0.4) is 0 Å². The summed E-state index contributed by atoms with van der Waals surface area (Å²) in [4.78, 5) is 23.5. The van der Waals surface area contributed by atoms with Crippen LogP contribution in [0.1, 0.15) is 35.8 Å². The summed E-state index contributed by atoms with van der Waals surface area (Å²) >= 11 is 7.43. The summed E-state index contributed by atoms with van der Waals surface area (Å²) in [5.41, 5.74) is 1.90. The Hall–Kier alpha value is -1.86. The minimum absolute atomic E-state index is 0.161. The summed E-state index contributed by atoms with van der Waals surface area (Å²) in [6.45, 7) is 4.31. The molecule has 0 unspecified atom stereocenters. The van der Waals surface area contributed by atoms with Crippen LogP contribution in [-0.2, 0) is 0 Å². The minimum Gasteiger partial charge on any atom is -0.334 e. The fourth-order valence-corrected chi connectivity index (χ4v) is 3.39. The SMILES string of the molecule is CSc1ccnc(C(C)C)c1N1CNC(=O)c2cc(F)c(Cl)nc21. The van der Waals surface area contributed by atoms with Gasteiger partial charge in [0.15, 0.2) is 11.0 Å². The van der Waals surface area contributed by atoms with Gasteiger partial charge in [0.1, 0.15) is 5.82 Å². The zero-order valence-corrected chi connectivity index (χ0v) is 15.0. The van der Waals surface area contributed by atoms with Crippen molar-refractivity contribution in [2.24, 2.45) is 0 Å². The molecule has 24 heavy (non-hydrogen) atoms. The molecule has 126 valence electrons. The number of nitrogens with one attached hydrogen (secondary N) is 1. The van der Waals surface area contributed by atoms with Crippen molar-refractivity contribution >= 4 is 40.8 Å². The van der Waals surface area contributed by atoms with E-state index >= 15 is 0 Å². The van der Waals surface area contributed by atoms with Gasteiger partial charge in [-0.05, 0) is 24.3 Å². The highest BCUT2D eigenvalue weighted by Crippen LogP contribution is 2.40. The third-order valence-electron chi connectivity index (χ3n) is 3.76. The zero-order valence-electron chi connectivity index (χ0n) is 13.4. The number of pyridine rings is 2. The number of hydrogen-bond donors (Lipinski definition) is 1. The number of nitrogens with zero attached hydrogens (tertiary/aromatic N) is 3. The molecule has 2 aromatic rings. The second-order valence-corrected chi connectivity index (χ2v) is 6.83. The van der Waals surface area contributed by atoms with Crippen LogP contribution in [0.5, 0.6) is 0 Å². The van der Waals surface area contributed by atoms with Crippen molar-refractivity contribution in [3.63, 3.8) is 0 Å². The normalized spacial score (nSPS) is 13.9. The van der Waals surface area contributed by atoms with Gasteiger partial charge in [-0.15, -0.1) is 11.8 Å².